The number of amides is 1. The number of sulfonamides is 1. The number of carbonyl (C=O) groups is 2. The minimum Gasteiger partial charge on any atom is -0.497 e. The number of aryl methyl sites for hydroxylation is 1. The van der Waals surface area contributed by atoms with Gasteiger partial charge in [-0.2, -0.15) is 0 Å². The summed E-state index contributed by atoms with van der Waals surface area (Å²) >= 11 is 0. The van der Waals surface area contributed by atoms with Crippen LogP contribution in [0, 0.1) is 6.92 Å². The van der Waals surface area contributed by atoms with Gasteiger partial charge in [0, 0.05) is 30.7 Å². The molecule has 0 radical (unpaired) electrons. The van der Waals surface area contributed by atoms with Crippen LogP contribution < -0.4 is 13.9 Å². The largest absolute Gasteiger partial charge is 0.497 e. The van der Waals surface area contributed by atoms with Crippen molar-refractivity contribution < 1.29 is 27.9 Å². The lowest BCUT2D eigenvalue weighted by Crippen LogP contribution is -2.32. The maximum Gasteiger partial charge on any atom is 0.337 e. The Hall–Kier alpha value is -4.96. The van der Waals surface area contributed by atoms with Gasteiger partial charge in [-0.1, -0.05) is 24.3 Å². The molecule has 0 unspecified atom stereocenters. The first kappa shape index (κ1) is 30.0. The summed E-state index contributed by atoms with van der Waals surface area (Å²) in [6, 6.07) is 21.5. The van der Waals surface area contributed by atoms with Gasteiger partial charge in [-0.25, -0.2) is 13.2 Å². The van der Waals surface area contributed by atoms with Crippen molar-refractivity contribution in [3.63, 3.8) is 0 Å². The van der Waals surface area contributed by atoms with Gasteiger partial charge in [0.2, 0.25) is 0 Å². The number of carbonyl (C=O) groups excluding carboxylic acids is 1. The highest BCUT2D eigenvalue weighted by Gasteiger charge is 2.30. The molecule has 0 aliphatic carbocycles. The summed E-state index contributed by atoms with van der Waals surface area (Å²) in [6.07, 6.45) is 6.00. The van der Waals surface area contributed by atoms with Gasteiger partial charge in [-0.05, 0) is 91.2 Å². The average molecular weight is 586 g/mol. The number of aromatic nitrogens is 1. The fraction of sp³-hybridized carbons (Fsp3) is 0.156. The molecule has 10 heteroatoms. The van der Waals surface area contributed by atoms with Gasteiger partial charge in [-0.3, -0.25) is 14.1 Å². The van der Waals surface area contributed by atoms with E-state index in [-0.39, 0.29) is 28.6 Å². The second kappa shape index (κ2) is 13.1. The summed E-state index contributed by atoms with van der Waals surface area (Å²) < 4.78 is 34.3. The summed E-state index contributed by atoms with van der Waals surface area (Å²) in [7, 11) is -2.75. The van der Waals surface area contributed by atoms with Crippen molar-refractivity contribution in [3.05, 3.63) is 120 Å². The Morgan fingerprint density at radius 3 is 2.31 bits per heavy atom. The topological polar surface area (TPSA) is 117 Å². The molecule has 3 aromatic carbocycles. The number of carboxylic acid groups (broad SMARTS) is 1. The highest BCUT2D eigenvalue weighted by Crippen LogP contribution is 2.34. The number of carboxylic acids is 1. The van der Waals surface area contributed by atoms with Crippen LogP contribution in [-0.4, -0.2) is 44.0 Å². The lowest BCUT2D eigenvalue weighted by atomic mass is 10.0. The van der Waals surface area contributed by atoms with Gasteiger partial charge in [0.25, 0.3) is 15.9 Å². The van der Waals surface area contributed by atoms with Crippen molar-refractivity contribution in [2.75, 3.05) is 22.9 Å². The number of benzene rings is 3. The number of hydrogen-bond acceptors (Lipinski definition) is 6. The first-order chi connectivity index (χ1) is 20.1. The van der Waals surface area contributed by atoms with Gasteiger partial charge in [0.1, 0.15) is 5.75 Å². The molecule has 0 saturated carbocycles. The van der Waals surface area contributed by atoms with E-state index in [9.17, 15) is 23.1 Å². The van der Waals surface area contributed by atoms with Gasteiger partial charge < -0.3 is 14.7 Å². The van der Waals surface area contributed by atoms with E-state index in [1.807, 2.05) is 37.3 Å². The zero-order valence-corrected chi connectivity index (χ0v) is 24.3. The summed E-state index contributed by atoms with van der Waals surface area (Å²) in [6.45, 7) is 3.79. The van der Waals surface area contributed by atoms with Crippen molar-refractivity contribution in [2.24, 2.45) is 0 Å². The van der Waals surface area contributed by atoms with E-state index in [0.717, 1.165) is 9.99 Å². The molecule has 1 amide bonds. The number of para-hydroxylation sites is 1. The monoisotopic (exact) mass is 585 g/mol. The number of rotatable bonds is 11. The second-order valence-electron chi connectivity index (χ2n) is 9.34. The molecule has 1 N–H and O–H groups in total. The smallest absolute Gasteiger partial charge is 0.337 e. The molecule has 216 valence electrons. The van der Waals surface area contributed by atoms with Crippen LogP contribution in [0.4, 0.5) is 11.4 Å². The summed E-state index contributed by atoms with van der Waals surface area (Å²) in [5.74, 6) is -1.10. The Morgan fingerprint density at radius 2 is 1.71 bits per heavy atom. The third-order valence-electron chi connectivity index (χ3n) is 6.57. The molecule has 1 heterocycles. The van der Waals surface area contributed by atoms with Crippen molar-refractivity contribution in [3.8, 4) is 5.75 Å². The summed E-state index contributed by atoms with van der Waals surface area (Å²) in [5, 5.41) is 10.2. The quantitative estimate of drug-likeness (QED) is 0.229. The third-order valence-corrected chi connectivity index (χ3v) is 8.33. The highest BCUT2D eigenvalue weighted by atomic mass is 32.2. The van der Waals surface area contributed by atoms with Gasteiger partial charge in [0.15, 0.2) is 0 Å². The van der Waals surface area contributed by atoms with Gasteiger partial charge >= 0.3 is 5.97 Å². The number of ether oxygens (including phenoxy) is 1. The fourth-order valence-corrected chi connectivity index (χ4v) is 6.08. The number of hydrogen-bond donors (Lipinski definition) is 1. The van der Waals surface area contributed by atoms with Crippen LogP contribution in [0.2, 0.25) is 0 Å². The molecule has 42 heavy (non-hydrogen) atoms. The summed E-state index contributed by atoms with van der Waals surface area (Å²) in [5.41, 5.74) is 1.94. The lowest BCUT2D eigenvalue weighted by Gasteiger charge is -2.28. The number of pyridine rings is 1. The average Bonchev–Trinajstić information content (AvgIpc) is 3.00. The normalized spacial score (nSPS) is 11.3. The van der Waals surface area contributed by atoms with E-state index in [4.69, 9.17) is 4.74 Å². The Balaban J connectivity index is 1.78. The number of nitrogens with zero attached hydrogens (tertiary/aromatic N) is 3. The molecule has 0 saturated heterocycles. The van der Waals surface area contributed by atoms with Crippen molar-refractivity contribution >= 4 is 39.4 Å². The van der Waals surface area contributed by atoms with Gasteiger partial charge in [-0.15, -0.1) is 0 Å². The maximum absolute atomic E-state index is 14.0. The Kier molecular flexibility index (Phi) is 9.39. The molecule has 1 aromatic heterocycles. The standard InChI is InChI=1S/C32H31N3O6S/c1-4-34(26-10-6-5-7-11-26)30(36)17-12-24-19-23(2)31(29(20-24)32(37)38)35(22-25-9-8-18-33-21-25)42(39,40)28-15-13-27(41-3)14-16-28/h5-21H,4,22H2,1-3H3,(H,37,38). The van der Waals surface area contributed by atoms with Crippen LogP contribution in [-0.2, 0) is 21.4 Å². The van der Waals surface area contributed by atoms with Crippen molar-refractivity contribution in [1.29, 1.82) is 0 Å². The first-order valence-electron chi connectivity index (χ1n) is 13.1. The van der Waals surface area contributed by atoms with Crippen LogP contribution in [0.15, 0.2) is 102 Å². The molecule has 9 nitrogen and oxygen atoms in total. The molecule has 0 fully saturated rings. The minimum atomic E-state index is -4.23. The molecular weight excluding hydrogens is 554 g/mol. The van der Waals surface area contributed by atoms with E-state index in [1.165, 1.54) is 55.8 Å². The predicted octanol–water partition coefficient (Wildman–Crippen LogP) is 5.56. The van der Waals surface area contributed by atoms with E-state index < -0.39 is 16.0 Å². The van der Waals surface area contributed by atoms with Crippen LogP contribution in [0.25, 0.3) is 6.08 Å². The number of likely N-dealkylation sites (N-methyl/N-ethyl adjacent to an activating group) is 1. The zero-order valence-electron chi connectivity index (χ0n) is 23.5. The van der Waals surface area contributed by atoms with E-state index in [0.29, 0.717) is 29.0 Å². The molecule has 0 bridgehead atoms. The fourth-order valence-electron chi connectivity index (χ4n) is 4.55. The Bertz CT molecular complexity index is 1690. The minimum absolute atomic E-state index is 0.0186. The van der Waals surface area contributed by atoms with E-state index in [2.05, 4.69) is 4.98 Å². The number of aromatic carboxylic acids is 1. The SMILES string of the molecule is CCN(C(=O)C=Cc1cc(C)c(N(Cc2cccnc2)S(=O)(=O)c2ccc(OC)cc2)c(C(=O)O)c1)c1ccccc1. The van der Waals surface area contributed by atoms with Gasteiger partial charge in [0.05, 0.1) is 29.8 Å². The molecule has 4 aromatic rings. The van der Waals surface area contributed by atoms with Crippen LogP contribution >= 0.6 is 0 Å². The second-order valence-corrected chi connectivity index (χ2v) is 11.2. The van der Waals surface area contributed by atoms with Crippen molar-refractivity contribution in [2.45, 2.75) is 25.3 Å². The van der Waals surface area contributed by atoms with E-state index >= 15 is 0 Å². The maximum atomic E-state index is 14.0. The third kappa shape index (κ3) is 6.67. The lowest BCUT2D eigenvalue weighted by molar-refractivity contribution is -0.114. The van der Waals surface area contributed by atoms with Crippen molar-refractivity contribution in [1.82, 2.24) is 4.98 Å². The molecular formula is C32H31N3O6S. The number of anilines is 2. The predicted molar refractivity (Wildman–Crippen MR) is 162 cm³/mol. The molecule has 4 rings (SSSR count). The molecule has 0 atom stereocenters. The molecule has 0 spiro atoms. The van der Waals surface area contributed by atoms with E-state index in [1.54, 1.807) is 36.2 Å². The first-order valence-corrected chi connectivity index (χ1v) is 14.6. The van der Waals surface area contributed by atoms with Crippen LogP contribution in [0.3, 0.4) is 0 Å². The van der Waals surface area contributed by atoms with Crippen LogP contribution in [0.5, 0.6) is 5.75 Å². The Morgan fingerprint density at radius 1 is 1.00 bits per heavy atom. The molecule has 0 aliphatic rings. The number of methoxy groups -OCH3 is 1. The molecule has 0 aliphatic heterocycles. The summed E-state index contributed by atoms with van der Waals surface area (Å²) in [4.78, 5) is 31.2. The highest BCUT2D eigenvalue weighted by molar-refractivity contribution is 7.92. The zero-order chi connectivity index (χ0) is 30.3. The van der Waals surface area contributed by atoms with Crippen LogP contribution in [0.1, 0.15) is 34.0 Å². The Labute approximate surface area is 245 Å².